The minimum atomic E-state index is -0.512. The van der Waals surface area contributed by atoms with Crippen LogP contribution in [0.15, 0.2) is 0 Å². The highest BCUT2D eigenvalue weighted by molar-refractivity contribution is 5.79. The highest BCUT2D eigenvalue weighted by atomic mass is 16.6. The van der Waals surface area contributed by atoms with Crippen molar-refractivity contribution >= 4 is 11.9 Å². The van der Waals surface area contributed by atoms with E-state index in [9.17, 15) is 9.59 Å². The van der Waals surface area contributed by atoms with Gasteiger partial charge in [-0.15, -0.1) is 0 Å². The summed E-state index contributed by atoms with van der Waals surface area (Å²) in [4.78, 5) is 24.9. The van der Waals surface area contributed by atoms with Crippen molar-refractivity contribution in [2.45, 2.75) is 73.0 Å². The third kappa shape index (κ3) is 2.68. The van der Waals surface area contributed by atoms with Crippen LogP contribution < -0.4 is 0 Å². The van der Waals surface area contributed by atoms with Gasteiger partial charge in [-0.25, -0.2) is 0 Å². The topological polar surface area (TPSA) is 52.6 Å². The van der Waals surface area contributed by atoms with Gasteiger partial charge in [0, 0.05) is 11.8 Å². The number of carbonyl (C=O) groups is 2. The Bertz CT molecular complexity index is 518. The normalized spacial score (nSPS) is 37.9. The fourth-order valence-corrected chi connectivity index (χ4v) is 4.94. The van der Waals surface area contributed by atoms with Gasteiger partial charge in [0.15, 0.2) is 0 Å². The molecule has 6 unspecified atom stereocenters. The van der Waals surface area contributed by atoms with Gasteiger partial charge in [-0.3, -0.25) is 9.59 Å². The van der Waals surface area contributed by atoms with E-state index in [-0.39, 0.29) is 47.3 Å². The van der Waals surface area contributed by atoms with Crippen LogP contribution in [0.3, 0.4) is 0 Å². The number of esters is 2. The molecule has 130 valence electrons. The van der Waals surface area contributed by atoms with Crippen molar-refractivity contribution < 1.29 is 19.1 Å². The van der Waals surface area contributed by atoms with Gasteiger partial charge in [0.1, 0.15) is 12.2 Å². The molecule has 1 aliphatic heterocycles. The van der Waals surface area contributed by atoms with Crippen molar-refractivity contribution in [3.8, 4) is 0 Å². The van der Waals surface area contributed by atoms with E-state index < -0.39 is 5.41 Å². The van der Waals surface area contributed by atoms with Crippen molar-refractivity contribution in [1.82, 2.24) is 0 Å². The second-order valence-corrected chi connectivity index (χ2v) is 9.58. The molecule has 0 aromatic rings. The number of hydrogen-bond acceptors (Lipinski definition) is 4. The average Bonchev–Trinajstić information content (AvgIpc) is 3.00. The van der Waals surface area contributed by atoms with Crippen LogP contribution >= 0.6 is 0 Å². The van der Waals surface area contributed by atoms with Crippen LogP contribution in [0.1, 0.15) is 60.8 Å². The summed E-state index contributed by atoms with van der Waals surface area (Å²) in [6.07, 6.45) is 2.16. The Kier molecular flexibility index (Phi) is 3.81. The van der Waals surface area contributed by atoms with E-state index in [1.807, 2.05) is 6.92 Å². The molecule has 23 heavy (non-hydrogen) atoms. The van der Waals surface area contributed by atoms with E-state index >= 15 is 0 Å². The maximum atomic E-state index is 13.0. The summed E-state index contributed by atoms with van der Waals surface area (Å²) in [6, 6.07) is 0. The maximum Gasteiger partial charge on any atom is 0.312 e. The van der Waals surface area contributed by atoms with E-state index in [2.05, 4.69) is 34.6 Å². The van der Waals surface area contributed by atoms with Crippen molar-refractivity contribution in [2.75, 3.05) is 0 Å². The lowest BCUT2D eigenvalue weighted by atomic mass is 9.68. The first-order chi connectivity index (χ1) is 10.5. The summed E-state index contributed by atoms with van der Waals surface area (Å²) in [7, 11) is 0. The lowest BCUT2D eigenvalue weighted by molar-refractivity contribution is -0.175. The SMILES string of the molecule is CC(C)C(C)(CC(C)(C)C)C(=O)OC1C2CC3C(=O)OC1C3C2. The van der Waals surface area contributed by atoms with Gasteiger partial charge in [-0.05, 0) is 37.5 Å². The molecular weight excluding hydrogens is 292 g/mol. The lowest BCUT2D eigenvalue weighted by Crippen LogP contribution is -2.44. The lowest BCUT2D eigenvalue weighted by Gasteiger charge is -2.38. The third-order valence-corrected chi connectivity index (χ3v) is 6.30. The number of ether oxygens (including phenoxy) is 2. The molecule has 1 heterocycles. The maximum absolute atomic E-state index is 13.0. The highest BCUT2D eigenvalue weighted by Crippen LogP contribution is 2.56. The molecule has 4 heteroatoms. The van der Waals surface area contributed by atoms with Gasteiger partial charge in [0.2, 0.25) is 0 Å². The monoisotopic (exact) mass is 322 g/mol. The zero-order valence-electron chi connectivity index (χ0n) is 15.2. The standard InChI is InChI=1S/C19H30O4/c1-10(2)19(6,9-18(3,4)5)17(21)23-14-11-7-12-13(8-11)16(20)22-15(12)14/h10-15H,7-9H2,1-6H3. The Morgan fingerprint density at radius 3 is 2.48 bits per heavy atom. The molecule has 0 aromatic heterocycles. The van der Waals surface area contributed by atoms with Gasteiger partial charge in [0.25, 0.3) is 0 Å². The van der Waals surface area contributed by atoms with Gasteiger partial charge in [-0.1, -0.05) is 34.6 Å². The largest absolute Gasteiger partial charge is 0.458 e. The Morgan fingerprint density at radius 2 is 1.91 bits per heavy atom. The van der Waals surface area contributed by atoms with E-state index in [4.69, 9.17) is 9.47 Å². The molecule has 1 saturated heterocycles. The van der Waals surface area contributed by atoms with Crippen molar-refractivity contribution in [3.05, 3.63) is 0 Å². The minimum Gasteiger partial charge on any atom is -0.458 e. The van der Waals surface area contributed by atoms with E-state index in [1.54, 1.807) is 0 Å². The minimum absolute atomic E-state index is 0.0532. The highest BCUT2D eigenvalue weighted by Gasteiger charge is 2.63. The van der Waals surface area contributed by atoms with Crippen molar-refractivity contribution in [2.24, 2.45) is 34.5 Å². The van der Waals surface area contributed by atoms with Gasteiger partial charge >= 0.3 is 11.9 Å². The predicted molar refractivity (Wildman–Crippen MR) is 86.5 cm³/mol. The number of rotatable bonds is 4. The van der Waals surface area contributed by atoms with Gasteiger partial charge in [0.05, 0.1) is 11.3 Å². The van der Waals surface area contributed by atoms with Crippen molar-refractivity contribution in [1.29, 1.82) is 0 Å². The molecule has 0 amide bonds. The van der Waals surface area contributed by atoms with Crippen LogP contribution in [0.4, 0.5) is 0 Å². The molecule has 0 N–H and O–H groups in total. The molecule has 0 radical (unpaired) electrons. The number of hydrogen-bond donors (Lipinski definition) is 0. The van der Waals surface area contributed by atoms with E-state index in [0.29, 0.717) is 5.92 Å². The second kappa shape index (κ2) is 5.22. The molecule has 0 spiro atoms. The molecule has 0 aromatic carbocycles. The zero-order valence-corrected chi connectivity index (χ0v) is 15.2. The van der Waals surface area contributed by atoms with Crippen LogP contribution in [0.5, 0.6) is 0 Å². The summed E-state index contributed by atoms with van der Waals surface area (Å²) >= 11 is 0. The molecular formula is C19H30O4. The van der Waals surface area contributed by atoms with Gasteiger partial charge in [-0.2, -0.15) is 0 Å². The fraction of sp³-hybridized carbons (Fsp3) is 0.895. The number of carbonyl (C=O) groups excluding carboxylic acids is 2. The van der Waals surface area contributed by atoms with E-state index in [0.717, 1.165) is 19.3 Å². The number of fused-ring (bicyclic) bond motifs is 1. The fourth-order valence-electron chi connectivity index (χ4n) is 4.94. The van der Waals surface area contributed by atoms with Gasteiger partial charge < -0.3 is 9.47 Å². The molecule has 6 atom stereocenters. The molecule has 2 bridgehead atoms. The molecule has 2 aliphatic carbocycles. The quantitative estimate of drug-likeness (QED) is 0.742. The summed E-state index contributed by atoms with van der Waals surface area (Å²) in [5.41, 5.74) is -0.459. The molecule has 4 nitrogen and oxygen atoms in total. The van der Waals surface area contributed by atoms with Crippen LogP contribution in [0, 0.1) is 34.5 Å². The predicted octanol–water partition coefficient (Wildman–Crippen LogP) is 3.58. The average molecular weight is 322 g/mol. The Labute approximate surface area is 139 Å². The summed E-state index contributed by atoms with van der Waals surface area (Å²) in [5, 5.41) is 0. The van der Waals surface area contributed by atoms with Crippen LogP contribution in [-0.4, -0.2) is 24.1 Å². The molecule has 3 fully saturated rings. The third-order valence-electron chi connectivity index (χ3n) is 6.30. The van der Waals surface area contributed by atoms with Crippen LogP contribution in [-0.2, 0) is 19.1 Å². The summed E-state index contributed by atoms with van der Waals surface area (Å²) in [6.45, 7) is 12.6. The van der Waals surface area contributed by atoms with E-state index in [1.165, 1.54) is 0 Å². The Hall–Kier alpha value is -1.06. The molecule has 2 saturated carbocycles. The second-order valence-electron chi connectivity index (χ2n) is 9.58. The molecule has 3 aliphatic rings. The Morgan fingerprint density at radius 1 is 1.26 bits per heavy atom. The summed E-state index contributed by atoms with van der Waals surface area (Å²) < 4.78 is 11.5. The van der Waals surface area contributed by atoms with Crippen molar-refractivity contribution in [3.63, 3.8) is 0 Å². The first-order valence-corrected chi connectivity index (χ1v) is 8.94. The first-order valence-electron chi connectivity index (χ1n) is 8.94. The van der Waals surface area contributed by atoms with Crippen LogP contribution in [0.2, 0.25) is 0 Å². The van der Waals surface area contributed by atoms with Crippen LogP contribution in [0.25, 0.3) is 0 Å². The molecule has 3 rings (SSSR count). The zero-order chi connectivity index (χ0) is 17.2. The smallest absolute Gasteiger partial charge is 0.312 e. The first kappa shape index (κ1) is 16.8. The summed E-state index contributed by atoms with van der Waals surface area (Å²) in [5.74, 6) is 0.634. The Balaban J connectivity index is 1.74.